The maximum Gasteiger partial charge on any atom is 0.410 e. The number of anilines is 1. The van der Waals surface area contributed by atoms with E-state index in [2.05, 4.69) is 15.5 Å². The summed E-state index contributed by atoms with van der Waals surface area (Å²) in [6.45, 7) is 7.06. The molecule has 1 N–H and O–H groups in total. The van der Waals surface area contributed by atoms with Crippen molar-refractivity contribution >= 4 is 11.8 Å². The molecule has 0 aliphatic carbocycles. The first-order chi connectivity index (χ1) is 11.9. The molecular weight excluding hydrogens is 320 g/mol. The molecule has 2 aromatic rings. The number of rotatable bonds is 3. The fourth-order valence-corrected chi connectivity index (χ4v) is 2.78. The second-order valence-electron chi connectivity index (χ2n) is 7.21. The van der Waals surface area contributed by atoms with Crippen LogP contribution in [0.5, 0.6) is 0 Å². The number of benzene rings is 1. The van der Waals surface area contributed by atoms with Crippen LogP contribution >= 0.6 is 0 Å². The van der Waals surface area contributed by atoms with E-state index < -0.39 is 5.60 Å². The number of carbonyl (C=O) groups is 1. The number of nitrogens with zero attached hydrogens (tertiary/aromatic N) is 3. The molecule has 0 unspecified atom stereocenters. The first kappa shape index (κ1) is 17.3. The average Bonchev–Trinajstić information content (AvgIpc) is 3.09. The van der Waals surface area contributed by atoms with E-state index in [4.69, 9.17) is 9.15 Å². The minimum atomic E-state index is -0.452. The number of hydrogen-bond acceptors (Lipinski definition) is 6. The van der Waals surface area contributed by atoms with E-state index in [0.29, 0.717) is 25.0 Å². The Morgan fingerprint density at radius 2 is 1.92 bits per heavy atom. The van der Waals surface area contributed by atoms with E-state index >= 15 is 0 Å². The Bertz CT molecular complexity index is 684. The van der Waals surface area contributed by atoms with Gasteiger partial charge in [0.15, 0.2) is 0 Å². The van der Waals surface area contributed by atoms with Crippen LogP contribution < -0.4 is 5.32 Å². The number of carbonyl (C=O) groups excluding carboxylic acids is 1. The number of hydrogen-bond donors (Lipinski definition) is 1. The van der Waals surface area contributed by atoms with Gasteiger partial charge in [0.2, 0.25) is 12.3 Å². The van der Waals surface area contributed by atoms with Crippen molar-refractivity contribution in [2.45, 2.75) is 45.3 Å². The summed E-state index contributed by atoms with van der Waals surface area (Å²) in [4.78, 5) is 13.9. The van der Waals surface area contributed by atoms with Gasteiger partial charge in [-0.25, -0.2) is 4.79 Å². The summed E-state index contributed by atoms with van der Waals surface area (Å²) >= 11 is 0. The van der Waals surface area contributed by atoms with E-state index in [1.165, 1.54) is 6.39 Å². The highest BCUT2D eigenvalue weighted by molar-refractivity contribution is 5.68. The van der Waals surface area contributed by atoms with Crippen LogP contribution in [0.3, 0.4) is 0 Å². The zero-order valence-corrected chi connectivity index (χ0v) is 14.9. The Kier molecular flexibility index (Phi) is 4.92. The Balaban J connectivity index is 1.50. The van der Waals surface area contributed by atoms with Gasteiger partial charge in [-0.15, -0.1) is 10.2 Å². The number of nitrogens with one attached hydrogen (secondary N) is 1. The fraction of sp³-hybridized carbons (Fsp3) is 0.500. The summed E-state index contributed by atoms with van der Waals surface area (Å²) < 4.78 is 10.6. The van der Waals surface area contributed by atoms with Crippen LogP contribution in [0.2, 0.25) is 0 Å². The molecule has 1 fully saturated rings. The average molecular weight is 344 g/mol. The number of likely N-dealkylation sites (tertiary alicyclic amines) is 1. The van der Waals surface area contributed by atoms with Crippen LogP contribution in [0.1, 0.15) is 33.6 Å². The lowest BCUT2D eigenvalue weighted by atomic mass is 10.0. The van der Waals surface area contributed by atoms with Crippen molar-refractivity contribution in [1.29, 1.82) is 0 Å². The molecule has 7 heteroatoms. The summed E-state index contributed by atoms with van der Waals surface area (Å²) in [6.07, 6.45) is 2.88. The van der Waals surface area contributed by atoms with Gasteiger partial charge in [0.1, 0.15) is 5.60 Å². The molecule has 1 saturated heterocycles. The molecule has 1 aliphatic heterocycles. The lowest BCUT2D eigenvalue weighted by Gasteiger charge is -2.34. The lowest BCUT2D eigenvalue weighted by molar-refractivity contribution is 0.0210. The van der Waals surface area contributed by atoms with Crippen molar-refractivity contribution in [3.05, 3.63) is 30.7 Å². The normalized spacial score (nSPS) is 15.9. The second kappa shape index (κ2) is 7.13. The SMILES string of the molecule is CC(C)(C)OC(=O)N1CCC(Nc2ccc(-c3nnco3)cc2)CC1. The molecule has 1 aromatic carbocycles. The highest BCUT2D eigenvalue weighted by atomic mass is 16.6. The van der Waals surface area contributed by atoms with E-state index in [9.17, 15) is 4.79 Å². The van der Waals surface area contributed by atoms with Gasteiger partial charge >= 0.3 is 6.09 Å². The zero-order chi connectivity index (χ0) is 17.9. The highest BCUT2D eigenvalue weighted by Crippen LogP contribution is 2.22. The molecule has 1 aliphatic rings. The molecule has 0 atom stereocenters. The maximum atomic E-state index is 12.1. The topological polar surface area (TPSA) is 80.5 Å². The van der Waals surface area contributed by atoms with Crippen LogP contribution in [0.4, 0.5) is 10.5 Å². The van der Waals surface area contributed by atoms with Gasteiger partial charge < -0.3 is 19.4 Å². The van der Waals surface area contributed by atoms with E-state index in [1.54, 1.807) is 4.90 Å². The zero-order valence-electron chi connectivity index (χ0n) is 14.9. The minimum Gasteiger partial charge on any atom is -0.444 e. The molecular formula is C18H24N4O3. The number of aromatic nitrogens is 2. The highest BCUT2D eigenvalue weighted by Gasteiger charge is 2.26. The van der Waals surface area contributed by atoms with Gasteiger partial charge in [-0.05, 0) is 57.9 Å². The smallest absolute Gasteiger partial charge is 0.410 e. The molecule has 0 radical (unpaired) electrons. The number of piperidine rings is 1. The van der Waals surface area contributed by atoms with Gasteiger partial charge in [0, 0.05) is 30.4 Å². The van der Waals surface area contributed by atoms with Crippen LogP contribution in [-0.2, 0) is 4.74 Å². The summed E-state index contributed by atoms with van der Waals surface area (Å²) in [7, 11) is 0. The van der Waals surface area contributed by atoms with Gasteiger partial charge in [0.25, 0.3) is 0 Å². The molecule has 134 valence electrons. The van der Waals surface area contributed by atoms with Crippen molar-refractivity contribution in [2.75, 3.05) is 18.4 Å². The predicted octanol–water partition coefficient (Wildman–Crippen LogP) is 3.55. The molecule has 0 saturated carbocycles. The summed E-state index contributed by atoms with van der Waals surface area (Å²) in [5.41, 5.74) is 1.48. The van der Waals surface area contributed by atoms with Gasteiger partial charge in [0.05, 0.1) is 0 Å². The molecule has 1 aromatic heterocycles. The molecule has 0 bridgehead atoms. The summed E-state index contributed by atoms with van der Waals surface area (Å²) in [6, 6.07) is 8.24. The van der Waals surface area contributed by atoms with Crippen LogP contribution in [0.15, 0.2) is 35.1 Å². The third-order valence-electron chi connectivity index (χ3n) is 4.01. The van der Waals surface area contributed by atoms with E-state index in [1.807, 2.05) is 45.0 Å². The van der Waals surface area contributed by atoms with Crippen molar-refractivity contribution in [1.82, 2.24) is 15.1 Å². The Morgan fingerprint density at radius 1 is 1.24 bits per heavy atom. The predicted molar refractivity (Wildman–Crippen MR) is 94.2 cm³/mol. The van der Waals surface area contributed by atoms with Crippen molar-refractivity contribution in [3.8, 4) is 11.5 Å². The molecule has 25 heavy (non-hydrogen) atoms. The quantitative estimate of drug-likeness (QED) is 0.917. The molecule has 0 spiro atoms. The second-order valence-corrected chi connectivity index (χ2v) is 7.21. The first-order valence-electron chi connectivity index (χ1n) is 8.52. The number of ether oxygens (including phenoxy) is 1. The van der Waals surface area contributed by atoms with Crippen LogP contribution in [0, 0.1) is 0 Å². The third kappa shape index (κ3) is 4.71. The van der Waals surface area contributed by atoms with Crippen molar-refractivity contribution in [3.63, 3.8) is 0 Å². The lowest BCUT2D eigenvalue weighted by Crippen LogP contribution is -2.44. The molecule has 3 rings (SSSR count). The van der Waals surface area contributed by atoms with Gasteiger partial charge in [-0.3, -0.25) is 0 Å². The fourth-order valence-electron chi connectivity index (χ4n) is 2.78. The minimum absolute atomic E-state index is 0.227. The summed E-state index contributed by atoms with van der Waals surface area (Å²) in [5, 5.41) is 11.1. The van der Waals surface area contributed by atoms with E-state index in [-0.39, 0.29) is 6.09 Å². The van der Waals surface area contributed by atoms with Crippen molar-refractivity contribution in [2.24, 2.45) is 0 Å². The Hall–Kier alpha value is -2.57. The molecule has 2 heterocycles. The van der Waals surface area contributed by atoms with Crippen molar-refractivity contribution < 1.29 is 13.9 Å². The molecule has 7 nitrogen and oxygen atoms in total. The van der Waals surface area contributed by atoms with Gasteiger partial charge in [-0.1, -0.05) is 0 Å². The Morgan fingerprint density at radius 3 is 2.48 bits per heavy atom. The first-order valence-corrected chi connectivity index (χ1v) is 8.52. The summed E-state index contributed by atoms with van der Waals surface area (Å²) in [5.74, 6) is 0.511. The Labute approximate surface area is 147 Å². The molecule has 1 amide bonds. The van der Waals surface area contributed by atoms with Crippen LogP contribution in [0.25, 0.3) is 11.5 Å². The number of amides is 1. The largest absolute Gasteiger partial charge is 0.444 e. The van der Waals surface area contributed by atoms with Crippen LogP contribution in [-0.4, -0.2) is 45.9 Å². The third-order valence-corrected chi connectivity index (χ3v) is 4.01. The maximum absolute atomic E-state index is 12.1. The monoisotopic (exact) mass is 344 g/mol. The van der Waals surface area contributed by atoms with Gasteiger partial charge in [-0.2, -0.15) is 0 Å². The van der Waals surface area contributed by atoms with E-state index in [0.717, 1.165) is 24.1 Å². The standard InChI is InChI=1S/C18H24N4O3/c1-18(2,3)25-17(23)22-10-8-15(9-11-22)20-14-6-4-13(5-7-14)16-21-19-12-24-16/h4-7,12,15,20H,8-11H2,1-3H3.